The minimum absolute atomic E-state index is 0.578. The molecule has 2 bridgehead atoms. The number of rotatable bonds is 4. The minimum atomic E-state index is 0.578. The Balaban J connectivity index is 1.46. The van der Waals surface area contributed by atoms with Gasteiger partial charge in [0.15, 0.2) is 0 Å². The highest BCUT2D eigenvalue weighted by Gasteiger charge is 2.41. The molecule has 4 nitrogen and oxygen atoms in total. The van der Waals surface area contributed by atoms with E-state index in [1.807, 2.05) is 0 Å². The Morgan fingerprint density at radius 1 is 1.22 bits per heavy atom. The van der Waals surface area contributed by atoms with Crippen molar-refractivity contribution in [2.45, 2.75) is 31.6 Å². The van der Waals surface area contributed by atoms with Crippen LogP contribution >= 0.6 is 11.7 Å². The Kier molecular flexibility index (Phi) is 2.77. The van der Waals surface area contributed by atoms with Gasteiger partial charge in [-0.3, -0.25) is 0 Å². The van der Waals surface area contributed by atoms with Gasteiger partial charge < -0.3 is 9.64 Å². The van der Waals surface area contributed by atoms with Crippen molar-refractivity contribution in [2.24, 2.45) is 11.8 Å². The monoisotopic (exact) mass is 265 g/mol. The Morgan fingerprint density at radius 2 is 2.17 bits per heavy atom. The van der Waals surface area contributed by atoms with Gasteiger partial charge in [-0.2, -0.15) is 4.37 Å². The molecule has 0 amide bonds. The summed E-state index contributed by atoms with van der Waals surface area (Å²) in [5.41, 5.74) is 1.14. The standard InChI is InChI=1S/C13H19N3OS/c1-2-9(3-1)8-17-13-12(14-18-15-13)11-7-16-5-4-10(11)6-16/h9-11H,1-8H2. The molecule has 3 aliphatic rings. The smallest absolute Gasteiger partial charge is 0.249 e. The molecule has 1 aromatic heterocycles. The first-order valence-corrected chi connectivity index (χ1v) is 7.81. The topological polar surface area (TPSA) is 38.3 Å². The maximum atomic E-state index is 5.92. The largest absolute Gasteiger partial charge is 0.475 e. The van der Waals surface area contributed by atoms with Crippen LogP contribution in [0.3, 0.4) is 0 Å². The van der Waals surface area contributed by atoms with Crippen LogP contribution in [-0.4, -0.2) is 39.9 Å². The summed E-state index contributed by atoms with van der Waals surface area (Å²) in [6, 6.07) is 0. The Morgan fingerprint density at radius 3 is 2.83 bits per heavy atom. The van der Waals surface area contributed by atoms with Crippen molar-refractivity contribution in [3.63, 3.8) is 0 Å². The zero-order valence-corrected chi connectivity index (χ0v) is 11.4. The number of piperidine rings is 1. The van der Waals surface area contributed by atoms with E-state index in [9.17, 15) is 0 Å². The number of ether oxygens (including phenoxy) is 1. The zero-order valence-electron chi connectivity index (χ0n) is 10.5. The molecule has 0 aromatic carbocycles. The second kappa shape index (κ2) is 4.46. The van der Waals surface area contributed by atoms with Crippen LogP contribution in [-0.2, 0) is 0 Å². The SMILES string of the molecule is C1CC(COc2nsnc2C2CN3CCC2C3)C1. The van der Waals surface area contributed by atoms with Gasteiger partial charge in [-0.25, -0.2) is 0 Å². The Hall–Kier alpha value is -0.680. The second-order valence-corrected chi connectivity index (χ2v) is 6.51. The molecule has 2 saturated heterocycles. The fraction of sp³-hybridized carbons (Fsp3) is 0.846. The average Bonchev–Trinajstić information content (AvgIpc) is 3.01. The number of nitrogens with zero attached hydrogens (tertiary/aromatic N) is 3. The molecular formula is C13H19N3OS. The van der Waals surface area contributed by atoms with Crippen molar-refractivity contribution in [3.8, 4) is 5.88 Å². The number of hydrogen-bond donors (Lipinski definition) is 0. The summed E-state index contributed by atoms with van der Waals surface area (Å²) in [4.78, 5) is 2.55. The predicted octanol–water partition coefficient (Wildman–Crippen LogP) is 2.14. The van der Waals surface area contributed by atoms with Crippen LogP contribution in [0.2, 0.25) is 0 Å². The molecule has 1 aliphatic carbocycles. The highest BCUT2D eigenvalue weighted by Crippen LogP contribution is 2.42. The van der Waals surface area contributed by atoms with E-state index in [2.05, 4.69) is 13.6 Å². The first kappa shape index (κ1) is 11.2. The minimum Gasteiger partial charge on any atom is -0.475 e. The van der Waals surface area contributed by atoms with Gasteiger partial charge in [0.1, 0.15) is 5.69 Å². The van der Waals surface area contributed by atoms with E-state index in [0.29, 0.717) is 5.92 Å². The van der Waals surface area contributed by atoms with Crippen molar-refractivity contribution in [1.29, 1.82) is 0 Å². The molecule has 3 unspecified atom stereocenters. The molecule has 0 spiro atoms. The molecule has 1 aromatic rings. The van der Waals surface area contributed by atoms with E-state index >= 15 is 0 Å². The molecule has 5 heteroatoms. The van der Waals surface area contributed by atoms with Crippen molar-refractivity contribution in [3.05, 3.63) is 5.69 Å². The molecule has 0 N–H and O–H groups in total. The number of fused-ring (bicyclic) bond motifs is 2. The summed E-state index contributed by atoms with van der Waals surface area (Å²) in [6.07, 6.45) is 5.35. The lowest BCUT2D eigenvalue weighted by Gasteiger charge is -2.25. The van der Waals surface area contributed by atoms with Gasteiger partial charge in [0, 0.05) is 19.0 Å². The predicted molar refractivity (Wildman–Crippen MR) is 70.0 cm³/mol. The Labute approximate surface area is 112 Å². The Bertz CT molecular complexity index is 432. The molecule has 4 rings (SSSR count). The van der Waals surface area contributed by atoms with E-state index in [0.717, 1.165) is 36.6 Å². The van der Waals surface area contributed by atoms with Crippen LogP contribution in [0, 0.1) is 11.8 Å². The van der Waals surface area contributed by atoms with Crippen molar-refractivity contribution in [1.82, 2.24) is 13.6 Å². The molecule has 2 aliphatic heterocycles. The lowest BCUT2D eigenvalue weighted by Crippen LogP contribution is -2.23. The van der Waals surface area contributed by atoms with Gasteiger partial charge in [-0.05, 0) is 37.6 Å². The van der Waals surface area contributed by atoms with E-state index in [1.54, 1.807) is 0 Å². The quantitative estimate of drug-likeness (QED) is 0.836. The highest BCUT2D eigenvalue weighted by molar-refractivity contribution is 6.99. The summed E-state index contributed by atoms with van der Waals surface area (Å²) < 4.78 is 14.8. The first-order chi connectivity index (χ1) is 8.90. The summed E-state index contributed by atoms with van der Waals surface area (Å²) in [7, 11) is 0. The molecular weight excluding hydrogens is 246 g/mol. The normalized spacial score (nSPS) is 34.8. The molecule has 0 radical (unpaired) electrons. The summed E-state index contributed by atoms with van der Waals surface area (Å²) >= 11 is 1.31. The van der Waals surface area contributed by atoms with E-state index < -0.39 is 0 Å². The van der Waals surface area contributed by atoms with E-state index in [-0.39, 0.29) is 0 Å². The van der Waals surface area contributed by atoms with Crippen LogP contribution < -0.4 is 4.74 Å². The maximum absolute atomic E-state index is 5.92. The lowest BCUT2D eigenvalue weighted by atomic mass is 9.86. The van der Waals surface area contributed by atoms with Crippen molar-refractivity contribution < 1.29 is 4.74 Å². The third-order valence-electron chi connectivity index (χ3n) is 4.85. The second-order valence-electron chi connectivity index (χ2n) is 5.98. The van der Waals surface area contributed by atoms with Crippen LogP contribution in [0.15, 0.2) is 0 Å². The molecule has 98 valence electrons. The third-order valence-corrected chi connectivity index (χ3v) is 5.37. The zero-order chi connectivity index (χ0) is 11.9. The van der Waals surface area contributed by atoms with E-state index in [1.165, 1.54) is 50.5 Å². The average molecular weight is 265 g/mol. The van der Waals surface area contributed by atoms with Gasteiger partial charge in [0.2, 0.25) is 5.88 Å². The van der Waals surface area contributed by atoms with Gasteiger partial charge >= 0.3 is 0 Å². The van der Waals surface area contributed by atoms with Crippen molar-refractivity contribution in [2.75, 3.05) is 26.2 Å². The van der Waals surface area contributed by atoms with Gasteiger partial charge in [-0.1, -0.05) is 6.42 Å². The van der Waals surface area contributed by atoms with Crippen LogP contribution in [0.25, 0.3) is 0 Å². The molecule has 3 atom stereocenters. The number of hydrogen-bond acceptors (Lipinski definition) is 5. The maximum Gasteiger partial charge on any atom is 0.249 e. The van der Waals surface area contributed by atoms with Crippen LogP contribution in [0.1, 0.15) is 37.3 Å². The van der Waals surface area contributed by atoms with Gasteiger partial charge in [0.25, 0.3) is 0 Å². The molecule has 3 heterocycles. The van der Waals surface area contributed by atoms with Crippen LogP contribution in [0.4, 0.5) is 0 Å². The first-order valence-electron chi connectivity index (χ1n) is 7.08. The fourth-order valence-corrected chi connectivity index (χ4v) is 4.03. The summed E-state index contributed by atoms with van der Waals surface area (Å²) in [5.74, 6) is 2.97. The lowest BCUT2D eigenvalue weighted by molar-refractivity contribution is 0.174. The third kappa shape index (κ3) is 1.84. The highest BCUT2D eigenvalue weighted by atomic mass is 32.1. The fourth-order valence-electron chi connectivity index (χ4n) is 3.46. The van der Waals surface area contributed by atoms with Crippen molar-refractivity contribution >= 4 is 11.7 Å². The number of aromatic nitrogens is 2. The molecule has 1 saturated carbocycles. The van der Waals surface area contributed by atoms with E-state index in [4.69, 9.17) is 4.74 Å². The molecule has 3 fully saturated rings. The summed E-state index contributed by atoms with van der Waals surface area (Å²) in [6.45, 7) is 4.54. The van der Waals surface area contributed by atoms with Crippen LogP contribution in [0.5, 0.6) is 5.88 Å². The molecule has 18 heavy (non-hydrogen) atoms. The van der Waals surface area contributed by atoms with Gasteiger partial charge in [0.05, 0.1) is 18.3 Å². The van der Waals surface area contributed by atoms with Gasteiger partial charge in [-0.15, -0.1) is 4.37 Å². The summed E-state index contributed by atoms with van der Waals surface area (Å²) in [5, 5.41) is 0.